The molecule has 0 aliphatic rings. The molecule has 14 heavy (non-hydrogen) atoms. The smallest absolute Gasteiger partial charge is 0.126 e. The largest absolute Gasteiger partial charge is 0.496 e. The zero-order valence-corrected chi connectivity index (χ0v) is 8.58. The molecule has 1 nitrogen and oxygen atoms in total. The Hall–Kier alpha value is -1.50. The molecule has 0 atom stereocenters. The van der Waals surface area contributed by atoms with Crippen LogP contribution in [0.25, 0.3) is 10.8 Å². The summed E-state index contributed by atoms with van der Waals surface area (Å²) in [5.74, 6) is 0.972. The van der Waals surface area contributed by atoms with E-state index in [4.69, 9.17) is 4.74 Å². The van der Waals surface area contributed by atoms with Gasteiger partial charge in [-0.25, -0.2) is 0 Å². The van der Waals surface area contributed by atoms with Gasteiger partial charge in [0.05, 0.1) is 7.11 Å². The third-order valence-corrected chi connectivity index (χ3v) is 2.51. The summed E-state index contributed by atoms with van der Waals surface area (Å²) in [4.78, 5) is 0. The number of fused-ring (bicyclic) bond motifs is 1. The van der Waals surface area contributed by atoms with Crippen molar-refractivity contribution in [1.82, 2.24) is 0 Å². The Morgan fingerprint density at radius 1 is 1.14 bits per heavy atom. The van der Waals surface area contributed by atoms with Crippen molar-refractivity contribution >= 4 is 10.8 Å². The van der Waals surface area contributed by atoms with E-state index in [0.29, 0.717) is 0 Å². The van der Waals surface area contributed by atoms with Gasteiger partial charge in [-0.3, -0.25) is 0 Å². The molecule has 2 aromatic carbocycles. The summed E-state index contributed by atoms with van der Waals surface area (Å²) in [5, 5.41) is 2.44. The molecule has 1 heteroatoms. The van der Waals surface area contributed by atoms with Crippen LogP contribution in [0.3, 0.4) is 0 Å². The molecule has 0 fully saturated rings. The van der Waals surface area contributed by atoms with Crippen molar-refractivity contribution in [1.29, 1.82) is 0 Å². The highest BCUT2D eigenvalue weighted by molar-refractivity contribution is 5.89. The number of methoxy groups -OCH3 is 1. The fourth-order valence-corrected chi connectivity index (χ4v) is 1.71. The average molecular weight is 186 g/mol. The van der Waals surface area contributed by atoms with Crippen molar-refractivity contribution in [2.24, 2.45) is 0 Å². The Bertz CT molecular complexity index is 446. The van der Waals surface area contributed by atoms with Gasteiger partial charge in [-0.2, -0.15) is 0 Å². The first-order chi connectivity index (χ1) is 6.85. The van der Waals surface area contributed by atoms with Crippen LogP contribution in [0.5, 0.6) is 5.75 Å². The molecular weight excluding hydrogens is 172 g/mol. The van der Waals surface area contributed by atoms with E-state index in [2.05, 4.69) is 37.3 Å². The molecule has 0 saturated carbocycles. The lowest BCUT2D eigenvalue weighted by molar-refractivity contribution is 0.419. The number of aryl methyl sites for hydroxylation is 1. The van der Waals surface area contributed by atoms with E-state index < -0.39 is 0 Å². The zero-order chi connectivity index (χ0) is 9.97. The van der Waals surface area contributed by atoms with Crippen LogP contribution >= 0.6 is 0 Å². The Morgan fingerprint density at radius 3 is 2.64 bits per heavy atom. The van der Waals surface area contributed by atoms with Crippen molar-refractivity contribution in [2.75, 3.05) is 7.11 Å². The predicted octanol–water partition coefficient (Wildman–Crippen LogP) is 3.41. The average Bonchev–Trinajstić information content (AvgIpc) is 2.27. The van der Waals surface area contributed by atoms with Crippen LogP contribution in [0.1, 0.15) is 12.5 Å². The molecular formula is C13H14O. The van der Waals surface area contributed by atoms with Gasteiger partial charge in [0.1, 0.15) is 5.75 Å². The molecule has 0 bridgehead atoms. The summed E-state index contributed by atoms with van der Waals surface area (Å²) in [6, 6.07) is 12.6. The van der Waals surface area contributed by atoms with Crippen molar-refractivity contribution in [3.8, 4) is 5.75 Å². The summed E-state index contributed by atoms with van der Waals surface area (Å²) in [6.07, 6.45) is 1.04. The Balaban J connectivity index is 2.73. The van der Waals surface area contributed by atoms with Crippen LogP contribution < -0.4 is 4.74 Å². The minimum absolute atomic E-state index is 0.972. The fourth-order valence-electron chi connectivity index (χ4n) is 1.71. The van der Waals surface area contributed by atoms with E-state index in [1.165, 1.54) is 16.3 Å². The second kappa shape index (κ2) is 3.70. The molecule has 0 spiro atoms. The van der Waals surface area contributed by atoms with E-state index in [-0.39, 0.29) is 0 Å². The van der Waals surface area contributed by atoms with E-state index >= 15 is 0 Å². The van der Waals surface area contributed by atoms with Crippen molar-refractivity contribution < 1.29 is 4.74 Å². The number of hydrogen-bond acceptors (Lipinski definition) is 1. The monoisotopic (exact) mass is 186 g/mol. The quantitative estimate of drug-likeness (QED) is 0.698. The molecule has 0 aromatic heterocycles. The SMILES string of the molecule is CCc1cc(OC)c2ccccc2c1. The number of rotatable bonds is 2. The highest BCUT2D eigenvalue weighted by atomic mass is 16.5. The van der Waals surface area contributed by atoms with E-state index in [1.807, 2.05) is 6.07 Å². The third kappa shape index (κ3) is 1.46. The highest BCUT2D eigenvalue weighted by Crippen LogP contribution is 2.27. The molecule has 0 saturated heterocycles. The van der Waals surface area contributed by atoms with Crippen molar-refractivity contribution in [2.45, 2.75) is 13.3 Å². The lowest BCUT2D eigenvalue weighted by Crippen LogP contribution is -1.88. The van der Waals surface area contributed by atoms with Crippen LogP contribution in [-0.2, 0) is 6.42 Å². The minimum atomic E-state index is 0.972. The minimum Gasteiger partial charge on any atom is -0.496 e. The van der Waals surface area contributed by atoms with Gasteiger partial charge in [0.2, 0.25) is 0 Å². The van der Waals surface area contributed by atoms with E-state index in [1.54, 1.807) is 7.11 Å². The van der Waals surface area contributed by atoms with Crippen LogP contribution in [0.15, 0.2) is 36.4 Å². The maximum absolute atomic E-state index is 5.37. The summed E-state index contributed by atoms with van der Waals surface area (Å²) >= 11 is 0. The van der Waals surface area contributed by atoms with Gasteiger partial charge in [0, 0.05) is 5.39 Å². The normalized spacial score (nSPS) is 10.4. The van der Waals surface area contributed by atoms with Crippen LogP contribution in [-0.4, -0.2) is 7.11 Å². The standard InChI is InChI=1S/C13H14O/c1-3-10-8-11-6-4-5-7-12(11)13(9-10)14-2/h4-9H,3H2,1-2H3. The first-order valence-corrected chi connectivity index (χ1v) is 4.91. The zero-order valence-electron chi connectivity index (χ0n) is 8.58. The maximum atomic E-state index is 5.37. The molecule has 0 radical (unpaired) electrons. The molecule has 0 aliphatic heterocycles. The Labute approximate surface area is 84.3 Å². The van der Waals surface area contributed by atoms with Gasteiger partial charge in [-0.1, -0.05) is 37.3 Å². The number of hydrogen-bond donors (Lipinski definition) is 0. The predicted molar refractivity (Wildman–Crippen MR) is 59.9 cm³/mol. The molecule has 2 aromatic rings. The van der Waals surface area contributed by atoms with E-state index in [0.717, 1.165) is 12.2 Å². The van der Waals surface area contributed by atoms with Crippen LogP contribution in [0, 0.1) is 0 Å². The topological polar surface area (TPSA) is 9.23 Å². The van der Waals surface area contributed by atoms with Gasteiger partial charge in [-0.05, 0) is 23.4 Å². The molecule has 0 aliphatic carbocycles. The number of ether oxygens (including phenoxy) is 1. The summed E-state index contributed by atoms with van der Waals surface area (Å²) in [6.45, 7) is 2.16. The first kappa shape index (κ1) is 9.07. The maximum Gasteiger partial charge on any atom is 0.126 e. The second-order valence-electron chi connectivity index (χ2n) is 3.37. The van der Waals surface area contributed by atoms with Gasteiger partial charge >= 0.3 is 0 Å². The summed E-state index contributed by atoms with van der Waals surface area (Å²) in [5.41, 5.74) is 1.32. The lowest BCUT2D eigenvalue weighted by Gasteiger charge is -2.07. The first-order valence-electron chi connectivity index (χ1n) is 4.91. The highest BCUT2D eigenvalue weighted by Gasteiger charge is 2.02. The van der Waals surface area contributed by atoms with Crippen LogP contribution in [0.2, 0.25) is 0 Å². The van der Waals surface area contributed by atoms with Gasteiger partial charge in [-0.15, -0.1) is 0 Å². The van der Waals surface area contributed by atoms with Crippen molar-refractivity contribution in [3.63, 3.8) is 0 Å². The molecule has 0 unspecified atom stereocenters. The van der Waals surface area contributed by atoms with Crippen LogP contribution in [0.4, 0.5) is 0 Å². The summed E-state index contributed by atoms with van der Waals surface area (Å²) < 4.78 is 5.37. The third-order valence-electron chi connectivity index (χ3n) is 2.51. The fraction of sp³-hybridized carbons (Fsp3) is 0.231. The lowest BCUT2D eigenvalue weighted by atomic mass is 10.0. The molecule has 0 heterocycles. The van der Waals surface area contributed by atoms with Gasteiger partial charge < -0.3 is 4.74 Å². The summed E-state index contributed by atoms with van der Waals surface area (Å²) in [7, 11) is 1.72. The van der Waals surface area contributed by atoms with Gasteiger partial charge in [0.15, 0.2) is 0 Å². The number of benzene rings is 2. The van der Waals surface area contributed by atoms with Crippen molar-refractivity contribution in [3.05, 3.63) is 42.0 Å². The Morgan fingerprint density at radius 2 is 1.93 bits per heavy atom. The van der Waals surface area contributed by atoms with Gasteiger partial charge in [0.25, 0.3) is 0 Å². The molecule has 0 N–H and O–H groups in total. The second-order valence-corrected chi connectivity index (χ2v) is 3.37. The Kier molecular flexibility index (Phi) is 2.40. The molecule has 2 rings (SSSR count). The van der Waals surface area contributed by atoms with E-state index in [9.17, 15) is 0 Å². The molecule has 0 amide bonds. The molecule has 72 valence electrons.